The first kappa shape index (κ1) is 12.4. The van der Waals surface area contributed by atoms with Gasteiger partial charge in [-0.15, -0.1) is 0 Å². The van der Waals surface area contributed by atoms with Crippen LogP contribution in [0.15, 0.2) is 53.9 Å². The van der Waals surface area contributed by atoms with Gasteiger partial charge in [0.2, 0.25) is 0 Å². The first-order valence-electron chi connectivity index (χ1n) is 6.14. The number of hydrogen-bond acceptors (Lipinski definition) is 1. The van der Waals surface area contributed by atoms with E-state index in [0.29, 0.717) is 0 Å². The maximum atomic E-state index is 12.9. The Morgan fingerprint density at radius 1 is 1.24 bits per heavy atom. The van der Waals surface area contributed by atoms with Gasteiger partial charge in [-0.25, -0.2) is 0 Å². The second-order valence-electron chi connectivity index (χ2n) is 4.68. The Morgan fingerprint density at radius 2 is 1.94 bits per heavy atom. The van der Waals surface area contributed by atoms with Crippen molar-refractivity contribution in [1.82, 2.24) is 0 Å². The van der Waals surface area contributed by atoms with E-state index in [-0.39, 0.29) is 0 Å². The average Bonchev–Trinajstić information content (AvgIpc) is 2.40. The van der Waals surface area contributed by atoms with Crippen molar-refractivity contribution >= 4 is 12.4 Å². The van der Waals surface area contributed by atoms with Gasteiger partial charge in [-0.1, -0.05) is 43.0 Å². The molecule has 1 aromatic carbocycles. The summed E-state index contributed by atoms with van der Waals surface area (Å²) < 4.78 is 12.9. The molecule has 0 saturated heterocycles. The largest absolute Gasteiger partial charge is 0.314 e. The highest BCUT2D eigenvalue weighted by molar-refractivity contribution is 7.75. The summed E-state index contributed by atoms with van der Waals surface area (Å²) in [4.78, 5) is 0. The number of benzene rings is 1. The van der Waals surface area contributed by atoms with Crippen LogP contribution in [0.25, 0.3) is 0 Å². The lowest BCUT2D eigenvalue weighted by Gasteiger charge is -2.21. The third-order valence-electron chi connectivity index (χ3n) is 3.43. The van der Waals surface area contributed by atoms with Gasteiger partial charge in [0.15, 0.2) is 0 Å². The lowest BCUT2D eigenvalue weighted by molar-refractivity contribution is 0.588. The van der Waals surface area contributed by atoms with Gasteiger partial charge in [0.25, 0.3) is 0 Å². The molecule has 0 spiro atoms. The lowest BCUT2D eigenvalue weighted by Crippen LogP contribution is -2.07. The van der Waals surface area contributed by atoms with Gasteiger partial charge in [-0.05, 0) is 37.9 Å². The van der Waals surface area contributed by atoms with Crippen LogP contribution >= 0.6 is 7.14 Å². The molecular formula is C15H19OP. The van der Waals surface area contributed by atoms with Crippen LogP contribution in [-0.4, -0.2) is 6.66 Å². The zero-order valence-electron chi connectivity index (χ0n) is 10.4. The molecule has 90 valence electrons. The summed E-state index contributed by atoms with van der Waals surface area (Å²) >= 11 is 0. The van der Waals surface area contributed by atoms with E-state index in [1.807, 2.05) is 37.0 Å². The summed E-state index contributed by atoms with van der Waals surface area (Å²) in [5.74, 6) is 0. The van der Waals surface area contributed by atoms with Crippen LogP contribution in [0.2, 0.25) is 0 Å². The van der Waals surface area contributed by atoms with Crippen molar-refractivity contribution in [3.63, 3.8) is 0 Å². The predicted octanol–water partition coefficient (Wildman–Crippen LogP) is 4.32. The maximum Gasteiger partial charge on any atom is 0.140 e. The van der Waals surface area contributed by atoms with E-state index in [4.69, 9.17) is 0 Å². The molecule has 0 saturated carbocycles. The van der Waals surface area contributed by atoms with Crippen molar-refractivity contribution in [2.45, 2.75) is 25.7 Å². The van der Waals surface area contributed by atoms with E-state index < -0.39 is 7.14 Å². The van der Waals surface area contributed by atoms with Gasteiger partial charge < -0.3 is 4.57 Å². The maximum absolute atomic E-state index is 12.9. The third-order valence-corrected chi connectivity index (χ3v) is 6.03. The molecule has 0 amide bonds. The van der Waals surface area contributed by atoms with Crippen molar-refractivity contribution in [2.24, 2.45) is 0 Å². The Hall–Kier alpha value is -1.07. The zero-order valence-corrected chi connectivity index (χ0v) is 11.2. The molecule has 17 heavy (non-hydrogen) atoms. The zero-order chi connectivity index (χ0) is 12.3. The molecule has 1 nitrogen and oxygen atoms in total. The molecule has 0 heterocycles. The minimum atomic E-state index is -2.47. The minimum Gasteiger partial charge on any atom is -0.314 e. The Labute approximate surface area is 104 Å². The Balaban J connectivity index is 2.30. The fourth-order valence-electron chi connectivity index (χ4n) is 2.24. The summed E-state index contributed by atoms with van der Waals surface area (Å²) in [6.07, 6.45) is 6.79. The number of allylic oxidation sites excluding steroid dienone is 3. The molecule has 0 aromatic heterocycles. The van der Waals surface area contributed by atoms with E-state index in [0.717, 1.165) is 23.5 Å². The Morgan fingerprint density at radius 3 is 2.53 bits per heavy atom. The van der Waals surface area contributed by atoms with Crippen LogP contribution in [0, 0.1) is 0 Å². The molecule has 0 bridgehead atoms. The second-order valence-corrected chi connectivity index (χ2v) is 7.59. The van der Waals surface area contributed by atoms with E-state index in [2.05, 4.69) is 12.7 Å². The molecule has 1 aliphatic carbocycles. The number of hydrogen-bond donors (Lipinski definition) is 0. The van der Waals surface area contributed by atoms with Gasteiger partial charge in [-0.2, -0.15) is 0 Å². The van der Waals surface area contributed by atoms with Crippen LogP contribution in [0.3, 0.4) is 0 Å². The monoisotopic (exact) mass is 246 g/mol. The lowest BCUT2D eigenvalue weighted by atomic mass is 10.00. The van der Waals surface area contributed by atoms with Crippen LogP contribution < -0.4 is 5.30 Å². The molecule has 2 heteroatoms. The summed E-state index contributed by atoms with van der Waals surface area (Å²) in [5, 5.41) is 1.76. The Bertz CT molecular complexity index is 485. The summed E-state index contributed by atoms with van der Waals surface area (Å²) in [5.41, 5.74) is 1.21. The van der Waals surface area contributed by atoms with Gasteiger partial charge in [0, 0.05) is 10.6 Å². The Kier molecular flexibility index (Phi) is 3.69. The van der Waals surface area contributed by atoms with Crippen molar-refractivity contribution < 1.29 is 4.57 Å². The van der Waals surface area contributed by atoms with Crippen LogP contribution in [0.4, 0.5) is 0 Å². The van der Waals surface area contributed by atoms with Crippen molar-refractivity contribution in [1.29, 1.82) is 0 Å². The summed E-state index contributed by atoms with van der Waals surface area (Å²) in [6.45, 7) is 5.93. The predicted molar refractivity (Wildman–Crippen MR) is 75.3 cm³/mol. The molecular weight excluding hydrogens is 227 g/mol. The summed E-state index contributed by atoms with van der Waals surface area (Å²) in [7, 11) is -2.47. The van der Waals surface area contributed by atoms with Crippen molar-refractivity contribution in [3.05, 3.63) is 53.9 Å². The van der Waals surface area contributed by atoms with E-state index in [1.165, 1.54) is 18.4 Å². The van der Waals surface area contributed by atoms with E-state index in [1.54, 1.807) is 0 Å². The molecule has 1 aliphatic rings. The molecule has 0 fully saturated rings. The average molecular weight is 246 g/mol. The highest BCUT2D eigenvalue weighted by Gasteiger charge is 2.24. The quantitative estimate of drug-likeness (QED) is 0.726. The van der Waals surface area contributed by atoms with Crippen LogP contribution in [-0.2, 0) is 4.57 Å². The van der Waals surface area contributed by atoms with Gasteiger partial charge in [0.1, 0.15) is 7.14 Å². The van der Waals surface area contributed by atoms with Gasteiger partial charge >= 0.3 is 0 Å². The second kappa shape index (κ2) is 5.06. The third kappa shape index (κ3) is 2.61. The fourth-order valence-corrected chi connectivity index (χ4v) is 4.05. The molecule has 0 N–H and O–H groups in total. The molecule has 0 aliphatic heterocycles. The highest BCUT2D eigenvalue weighted by atomic mass is 31.2. The standard InChI is InChI=1S/C15H19OP/c1-13(14-9-5-3-6-10-14)17(2,16)15-11-7-4-8-12-15/h4,7-9,11-12H,1,3,5-6,10H2,2H3/t17-/m0/s1. The van der Waals surface area contributed by atoms with Crippen molar-refractivity contribution in [2.75, 3.05) is 6.66 Å². The topological polar surface area (TPSA) is 17.1 Å². The van der Waals surface area contributed by atoms with Crippen LogP contribution in [0.1, 0.15) is 25.7 Å². The normalized spacial score (nSPS) is 19.2. The highest BCUT2D eigenvalue weighted by Crippen LogP contribution is 2.52. The van der Waals surface area contributed by atoms with Crippen LogP contribution in [0.5, 0.6) is 0 Å². The fraction of sp³-hybridized carbons (Fsp3) is 0.333. The minimum absolute atomic E-state index is 0.850. The smallest absolute Gasteiger partial charge is 0.140 e. The van der Waals surface area contributed by atoms with Gasteiger partial charge in [0.05, 0.1) is 0 Å². The first-order valence-corrected chi connectivity index (χ1v) is 8.30. The van der Waals surface area contributed by atoms with E-state index in [9.17, 15) is 4.57 Å². The molecule has 2 rings (SSSR count). The molecule has 0 unspecified atom stereocenters. The SMILES string of the molecule is C=C(C1=CCCCC1)[P@](C)(=O)c1ccccc1. The molecule has 1 atom stereocenters. The number of rotatable bonds is 3. The molecule has 1 aromatic rings. The summed E-state index contributed by atoms with van der Waals surface area (Å²) in [6, 6.07) is 9.71. The first-order chi connectivity index (χ1) is 8.12. The van der Waals surface area contributed by atoms with E-state index >= 15 is 0 Å². The van der Waals surface area contributed by atoms with Gasteiger partial charge in [-0.3, -0.25) is 0 Å². The van der Waals surface area contributed by atoms with Crippen molar-refractivity contribution in [3.8, 4) is 0 Å². The molecule has 0 radical (unpaired) electrons.